The highest BCUT2D eigenvalue weighted by atomic mass is 79.9. The molecule has 0 aromatic heterocycles. The summed E-state index contributed by atoms with van der Waals surface area (Å²) < 4.78 is 25.0. The molecule has 0 atom stereocenters. The van der Waals surface area contributed by atoms with Gasteiger partial charge in [-0.3, -0.25) is 10.1 Å². The fourth-order valence-electron chi connectivity index (χ4n) is 2.82. The van der Waals surface area contributed by atoms with Crippen LogP contribution in [0.2, 0.25) is 0 Å². The van der Waals surface area contributed by atoms with E-state index >= 15 is 0 Å². The Balaban J connectivity index is 1.87. The molecule has 3 rings (SSSR count). The zero-order valence-corrected chi connectivity index (χ0v) is 17.9. The van der Waals surface area contributed by atoms with Gasteiger partial charge in [-0.25, -0.2) is 4.39 Å². The van der Waals surface area contributed by atoms with Gasteiger partial charge in [0.1, 0.15) is 12.4 Å². The summed E-state index contributed by atoms with van der Waals surface area (Å²) in [6, 6.07) is 17.3. The monoisotopic (exact) mass is 482 g/mol. The molecule has 0 aliphatic carbocycles. The zero-order chi connectivity index (χ0) is 22.4. The lowest BCUT2D eigenvalue weighted by molar-refractivity contribution is -0.384. The van der Waals surface area contributed by atoms with E-state index in [1.54, 1.807) is 30.3 Å². The number of ether oxygens (including phenoxy) is 2. The fraction of sp³-hybridized carbons (Fsp3) is 0.0870. The number of hydrogen-bond acceptors (Lipinski definition) is 5. The number of hydrogen-bond donors (Lipinski definition) is 0. The van der Waals surface area contributed by atoms with Crippen LogP contribution in [0, 0.1) is 27.3 Å². The van der Waals surface area contributed by atoms with Crippen LogP contribution >= 0.6 is 15.9 Å². The fourth-order valence-corrected chi connectivity index (χ4v) is 3.26. The molecule has 6 nitrogen and oxygen atoms in total. The highest BCUT2D eigenvalue weighted by Crippen LogP contribution is 2.36. The molecule has 0 aliphatic heterocycles. The van der Waals surface area contributed by atoms with E-state index in [2.05, 4.69) is 22.0 Å². The van der Waals surface area contributed by atoms with Gasteiger partial charge in [-0.2, -0.15) is 5.26 Å². The molecule has 0 heterocycles. The van der Waals surface area contributed by atoms with Crippen LogP contribution in [-0.4, -0.2) is 12.0 Å². The van der Waals surface area contributed by atoms with Crippen molar-refractivity contribution in [1.29, 1.82) is 5.26 Å². The first-order valence-electron chi connectivity index (χ1n) is 9.02. The molecule has 0 saturated heterocycles. The minimum absolute atomic E-state index is 0.0143. The van der Waals surface area contributed by atoms with Crippen molar-refractivity contribution in [3.05, 3.63) is 97.8 Å². The summed E-state index contributed by atoms with van der Waals surface area (Å²) in [5, 5.41) is 20.5. The van der Waals surface area contributed by atoms with Gasteiger partial charge in [0.05, 0.1) is 23.7 Å². The molecule has 8 heteroatoms. The first kappa shape index (κ1) is 22.0. The summed E-state index contributed by atoms with van der Waals surface area (Å²) in [4.78, 5) is 10.5. The Kier molecular flexibility index (Phi) is 7.00. The van der Waals surface area contributed by atoms with Gasteiger partial charge in [-0.15, -0.1) is 0 Å². The third kappa shape index (κ3) is 5.47. The Morgan fingerprint density at radius 1 is 1.19 bits per heavy atom. The number of nitro benzene ring substituents is 1. The van der Waals surface area contributed by atoms with E-state index in [-0.39, 0.29) is 18.1 Å². The SMILES string of the molecule is COc1cc(C=C(C#N)c2ccc(F)cc2)c(Br)cc1OCc1cccc([N+](=O)[O-])c1. The number of non-ortho nitro benzene ring substituents is 1. The van der Waals surface area contributed by atoms with Crippen LogP contribution in [0.5, 0.6) is 11.5 Å². The van der Waals surface area contributed by atoms with Gasteiger partial charge >= 0.3 is 0 Å². The predicted molar refractivity (Wildman–Crippen MR) is 118 cm³/mol. The minimum atomic E-state index is -0.463. The van der Waals surface area contributed by atoms with E-state index in [0.29, 0.717) is 38.2 Å². The van der Waals surface area contributed by atoms with Crippen molar-refractivity contribution < 1.29 is 18.8 Å². The van der Waals surface area contributed by atoms with Crippen LogP contribution in [0.3, 0.4) is 0 Å². The largest absolute Gasteiger partial charge is 0.493 e. The van der Waals surface area contributed by atoms with Crippen LogP contribution in [-0.2, 0) is 6.61 Å². The van der Waals surface area contributed by atoms with Crippen molar-refractivity contribution in [3.8, 4) is 17.6 Å². The second-order valence-electron chi connectivity index (χ2n) is 6.42. The zero-order valence-electron chi connectivity index (χ0n) is 16.3. The molecular formula is C23H16BrFN2O4. The number of methoxy groups -OCH3 is 1. The Hall–Kier alpha value is -3.70. The molecule has 3 aromatic rings. The quantitative estimate of drug-likeness (QED) is 0.174. The molecule has 0 radical (unpaired) electrons. The molecule has 31 heavy (non-hydrogen) atoms. The number of rotatable bonds is 7. The third-order valence-corrected chi connectivity index (χ3v) is 5.06. The van der Waals surface area contributed by atoms with Gasteiger partial charge in [0.25, 0.3) is 5.69 Å². The molecule has 3 aromatic carbocycles. The Bertz CT molecular complexity index is 1190. The molecule has 0 unspecified atom stereocenters. The van der Waals surface area contributed by atoms with Gasteiger partial charge in [0.15, 0.2) is 11.5 Å². The standard InChI is InChI=1S/C23H16BrFN2O4/c1-30-22-11-17(10-18(13-26)16-5-7-19(25)8-6-16)21(24)12-23(22)31-14-15-3-2-4-20(9-15)27(28)29/h2-12H,14H2,1H3. The van der Waals surface area contributed by atoms with E-state index in [1.165, 1.54) is 43.5 Å². The normalized spacial score (nSPS) is 11.0. The van der Waals surface area contributed by atoms with Gasteiger partial charge in [-0.05, 0) is 47.0 Å². The molecule has 156 valence electrons. The Morgan fingerprint density at radius 3 is 2.58 bits per heavy atom. The number of nitrogens with zero attached hydrogens (tertiary/aromatic N) is 2. The van der Waals surface area contributed by atoms with Crippen molar-refractivity contribution >= 4 is 33.3 Å². The number of benzene rings is 3. The molecular weight excluding hydrogens is 467 g/mol. The van der Waals surface area contributed by atoms with Crippen LogP contribution in [0.25, 0.3) is 11.6 Å². The smallest absolute Gasteiger partial charge is 0.269 e. The lowest BCUT2D eigenvalue weighted by Crippen LogP contribution is -1.99. The van der Waals surface area contributed by atoms with Crippen molar-refractivity contribution in [2.24, 2.45) is 0 Å². The second-order valence-corrected chi connectivity index (χ2v) is 7.27. The van der Waals surface area contributed by atoms with E-state index < -0.39 is 4.92 Å². The number of halogens is 2. The van der Waals surface area contributed by atoms with Crippen molar-refractivity contribution in [2.45, 2.75) is 6.61 Å². The van der Waals surface area contributed by atoms with E-state index in [4.69, 9.17) is 9.47 Å². The van der Waals surface area contributed by atoms with Crippen LogP contribution in [0.1, 0.15) is 16.7 Å². The summed E-state index contributed by atoms with van der Waals surface area (Å²) in [5.74, 6) is 0.476. The molecule has 0 amide bonds. The average Bonchev–Trinajstić information content (AvgIpc) is 2.78. The van der Waals surface area contributed by atoms with Crippen molar-refractivity contribution in [2.75, 3.05) is 7.11 Å². The van der Waals surface area contributed by atoms with Crippen LogP contribution in [0.15, 0.2) is 65.1 Å². The molecule has 0 fully saturated rings. The Labute approximate surface area is 186 Å². The molecule has 0 saturated carbocycles. The average molecular weight is 483 g/mol. The summed E-state index contributed by atoms with van der Waals surface area (Å²) >= 11 is 3.47. The van der Waals surface area contributed by atoms with E-state index in [0.717, 1.165) is 0 Å². The first-order valence-corrected chi connectivity index (χ1v) is 9.82. The highest BCUT2D eigenvalue weighted by molar-refractivity contribution is 9.10. The van der Waals surface area contributed by atoms with Crippen LogP contribution in [0.4, 0.5) is 10.1 Å². The van der Waals surface area contributed by atoms with Crippen LogP contribution < -0.4 is 9.47 Å². The van der Waals surface area contributed by atoms with Gasteiger partial charge in [0.2, 0.25) is 0 Å². The maximum Gasteiger partial charge on any atom is 0.269 e. The summed E-state index contributed by atoms with van der Waals surface area (Å²) in [5.41, 5.74) is 2.23. The molecule has 0 spiro atoms. The van der Waals surface area contributed by atoms with Crippen molar-refractivity contribution in [1.82, 2.24) is 0 Å². The number of nitriles is 1. The lowest BCUT2D eigenvalue weighted by Gasteiger charge is -2.13. The van der Waals surface area contributed by atoms with Gasteiger partial charge < -0.3 is 9.47 Å². The first-order chi connectivity index (χ1) is 14.9. The number of allylic oxidation sites excluding steroid dienone is 1. The molecule has 0 bridgehead atoms. The maximum atomic E-state index is 13.2. The highest BCUT2D eigenvalue weighted by Gasteiger charge is 2.12. The Morgan fingerprint density at radius 2 is 1.94 bits per heavy atom. The topological polar surface area (TPSA) is 85.4 Å². The summed E-state index contributed by atoms with van der Waals surface area (Å²) in [6.45, 7) is 0.110. The minimum Gasteiger partial charge on any atom is -0.493 e. The van der Waals surface area contributed by atoms with Gasteiger partial charge in [-0.1, -0.05) is 40.2 Å². The summed E-state index contributed by atoms with van der Waals surface area (Å²) in [6.07, 6.45) is 1.66. The van der Waals surface area contributed by atoms with E-state index in [1.807, 2.05) is 0 Å². The van der Waals surface area contributed by atoms with Gasteiger partial charge in [0, 0.05) is 16.6 Å². The van der Waals surface area contributed by atoms with Crippen molar-refractivity contribution in [3.63, 3.8) is 0 Å². The predicted octanol–water partition coefficient (Wildman–Crippen LogP) is 6.15. The molecule has 0 N–H and O–H groups in total. The third-order valence-electron chi connectivity index (χ3n) is 4.37. The van der Waals surface area contributed by atoms with E-state index in [9.17, 15) is 19.8 Å². The lowest BCUT2D eigenvalue weighted by atomic mass is 10.0. The molecule has 0 aliphatic rings. The number of nitro groups is 1. The maximum absolute atomic E-state index is 13.2. The summed E-state index contributed by atoms with van der Waals surface area (Å²) in [7, 11) is 1.49. The second kappa shape index (κ2) is 9.87.